The molecule has 0 saturated carbocycles. The number of nitrogens with one attached hydrogen (secondary N) is 1. The number of amides is 1. The van der Waals surface area contributed by atoms with Crippen LogP contribution in [0.1, 0.15) is 10.4 Å². The van der Waals surface area contributed by atoms with Crippen LogP contribution in [0.25, 0.3) is 0 Å². The number of anilines is 1. The molecule has 1 heterocycles. The molecule has 6 heteroatoms. The van der Waals surface area contributed by atoms with E-state index in [2.05, 4.69) is 42.2 Å². The summed E-state index contributed by atoms with van der Waals surface area (Å²) in [6.45, 7) is 0. The third kappa shape index (κ3) is 3.14. The van der Waals surface area contributed by atoms with Crippen molar-refractivity contribution in [1.29, 1.82) is 0 Å². The second-order valence-electron chi connectivity index (χ2n) is 3.47. The molecule has 3 nitrogen and oxygen atoms in total. The Bertz CT molecular complexity index is 584. The first-order valence-electron chi connectivity index (χ1n) is 4.93. The summed E-state index contributed by atoms with van der Waals surface area (Å²) >= 11 is 6.41. The zero-order chi connectivity index (χ0) is 13.1. The minimum Gasteiger partial charge on any atom is -0.321 e. The summed E-state index contributed by atoms with van der Waals surface area (Å²) in [5.74, 6) is -0.856. The third-order valence-corrected chi connectivity index (χ3v) is 3.24. The number of halogens is 3. The fourth-order valence-electron chi connectivity index (χ4n) is 1.36. The van der Waals surface area contributed by atoms with E-state index in [1.807, 2.05) is 0 Å². The predicted octanol–water partition coefficient (Wildman–Crippen LogP) is 4.00. The summed E-state index contributed by atoms with van der Waals surface area (Å²) in [6, 6.07) is 5.66. The Labute approximate surface area is 120 Å². The molecule has 18 heavy (non-hydrogen) atoms. The average Bonchev–Trinajstić information content (AvgIpc) is 2.31. The van der Waals surface area contributed by atoms with Crippen molar-refractivity contribution in [3.63, 3.8) is 0 Å². The number of aromatic nitrogens is 1. The molecular weight excluding hydrogens is 367 g/mol. The van der Waals surface area contributed by atoms with E-state index in [1.54, 1.807) is 24.5 Å². The molecule has 0 atom stereocenters. The van der Waals surface area contributed by atoms with Crippen molar-refractivity contribution in [3.05, 3.63) is 57.0 Å². The van der Waals surface area contributed by atoms with E-state index >= 15 is 0 Å². The van der Waals surface area contributed by atoms with Gasteiger partial charge in [-0.15, -0.1) is 0 Å². The Kier molecular flexibility index (Phi) is 4.08. The number of hydrogen-bond donors (Lipinski definition) is 1. The predicted molar refractivity (Wildman–Crippen MR) is 74.0 cm³/mol. The molecule has 1 N–H and O–H groups in total. The van der Waals surface area contributed by atoms with Crippen molar-refractivity contribution in [2.45, 2.75) is 0 Å². The molecule has 2 aromatic rings. The minimum atomic E-state index is -0.469. The van der Waals surface area contributed by atoms with Crippen LogP contribution in [0.4, 0.5) is 10.1 Å². The highest BCUT2D eigenvalue weighted by Crippen LogP contribution is 2.21. The van der Waals surface area contributed by atoms with E-state index in [-0.39, 0.29) is 11.5 Å². The number of pyridine rings is 1. The third-order valence-electron chi connectivity index (χ3n) is 2.15. The van der Waals surface area contributed by atoms with Crippen LogP contribution in [0.2, 0.25) is 0 Å². The van der Waals surface area contributed by atoms with E-state index in [0.29, 0.717) is 14.6 Å². The Balaban J connectivity index is 2.25. The van der Waals surface area contributed by atoms with Crippen LogP contribution in [-0.2, 0) is 0 Å². The van der Waals surface area contributed by atoms with Crippen LogP contribution < -0.4 is 5.32 Å². The molecule has 1 amide bonds. The number of carbonyl (C=O) groups excluding carboxylic acids is 1. The molecule has 0 aliphatic heterocycles. The molecule has 0 saturated heterocycles. The van der Waals surface area contributed by atoms with Gasteiger partial charge in [-0.2, -0.15) is 0 Å². The smallest absolute Gasteiger partial charge is 0.255 e. The summed E-state index contributed by atoms with van der Waals surface area (Å²) in [7, 11) is 0. The van der Waals surface area contributed by atoms with Crippen molar-refractivity contribution in [3.8, 4) is 0 Å². The second kappa shape index (κ2) is 5.58. The van der Waals surface area contributed by atoms with E-state index in [0.717, 1.165) is 0 Å². The molecule has 0 radical (unpaired) electrons. The standard InChI is InChI=1S/C12H7Br2FN2O/c13-8-3-7(4-9(15)5-8)12(18)17-11-1-2-16-6-10(11)14/h1-6H,(H,16,17,18). The summed E-state index contributed by atoms with van der Waals surface area (Å²) in [5, 5.41) is 2.67. The van der Waals surface area contributed by atoms with Gasteiger partial charge in [-0.25, -0.2) is 4.39 Å². The summed E-state index contributed by atoms with van der Waals surface area (Å²) < 4.78 is 14.4. The van der Waals surface area contributed by atoms with Gasteiger partial charge in [-0.1, -0.05) is 15.9 Å². The fourth-order valence-corrected chi connectivity index (χ4v) is 2.17. The van der Waals surface area contributed by atoms with Gasteiger partial charge in [0.2, 0.25) is 0 Å². The lowest BCUT2D eigenvalue weighted by Gasteiger charge is -2.07. The van der Waals surface area contributed by atoms with Crippen LogP contribution in [0, 0.1) is 5.82 Å². The number of benzene rings is 1. The van der Waals surface area contributed by atoms with Gasteiger partial charge in [-0.05, 0) is 40.2 Å². The maximum Gasteiger partial charge on any atom is 0.255 e. The monoisotopic (exact) mass is 372 g/mol. The van der Waals surface area contributed by atoms with Crippen molar-refractivity contribution in [2.75, 3.05) is 5.32 Å². The van der Waals surface area contributed by atoms with Crippen LogP contribution in [-0.4, -0.2) is 10.9 Å². The van der Waals surface area contributed by atoms with E-state index < -0.39 is 5.82 Å². The number of rotatable bonds is 2. The lowest BCUT2D eigenvalue weighted by molar-refractivity contribution is 0.102. The molecule has 0 bridgehead atoms. The molecule has 1 aromatic heterocycles. The largest absolute Gasteiger partial charge is 0.321 e. The summed E-state index contributed by atoms with van der Waals surface area (Å²) in [6.07, 6.45) is 3.12. The van der Waals surface area contributed by atoms with Crippen molar-refractivity contribution in [2.24, 2.45) is 0 Å². The van der Waals surface area contributed by atoms with Crippen LogP contribution >= 0.6 is 31.9 Å². The molecule has 0 unspecified atom stereocenters. The van der Waals surface area contributed by atoms with Crippen LogP contribution in [0.15, 0.2) is 45.6 Å². The van der Waals surface area contributed by atoms with E-state index in [1.165, 1.54) is 12.1 Å². The Morgan fingerprint density at radius 2 is 2.06 bits per heavy atom. The van der Waals surface area contributed by atoms with Gasteiger partial charge in [0.25, 0.3) is 5.91 Å². The molecule has 0 fully saturated rings. The zero-order valence-electron chi connectivity index (χ0n) is 8.95. The molecule has 2 rings (SSSR count). The normalized spacial score (nSPS) is 10.2. The van der Waals surface area contributed by atoms with Gasteiger partial charge in [0.15, 0.2) is 0 Å². The molecule has 92 valence electrons. The first kappa shape index (κ1) is 13.2. The molecule has 0 spiro atoms. The zero-order valence-corrected chi connectivity index (χ0v) is 12.1. The highest BCUT2D eigenvalue weighted by atomic mass is 79.9. The first-order chi connectivity index (χ1) is 8.56. The maximum atomic E-state index is 13.2. The van der Waals surface area contributed by atoms with Gasteiger partial charge in [0.05, 0.1) is 10.2 Å². The summed E-state index contributed by atoms with van der Waals surface area (Å²) in [5.41, 5.74) is 0.820. The van der Waals surface area contributed by atoms with Crippen molar-refractivity contribution >= 4 is 43.5 Å². The van der Waals surface area contributed by atoms with E-state index in [4.69, 9.17) is 0 Å². The quantitative estimate of drug-likeness (QED) is 0.864. The Hall–Kier alpha value is -1.27. The van der Waals surface area contributed by atoms with Crippen molar-refractivity contribution in [1.82, 2.24) is 4.98 Å². The van der Waals surface area contributed by atoms with Crippen LogP contribution in [0.5, 0.6) is 0 Å². The molecule has 0 aliphatic carbocycles. The average molecular weight is 374 g/mol. The summed E-state index contributed by atoms with van der Waals surface area (Å²) in [4.78, 5) is 15.8. The van der Waals surface area contributed by atoms with Gasteiger partial charge in [0, 0.05) is 22.4 Å². The van der Waals surface area contributed by atoms with Gasteiger partial charge < -0.3 is 5.32 Å². The maximum absolute atomic E-state index is 13.2. The SMILES string of the molecule is O=C(Nc1ccncc1Br)c1cc(F)cc(Br)c1. The van der Waals surface area contributed by atoms with Gasteiger partial charge >= 0.3 is 0 Å². The minimum absolute atomic E-state index is 0.241. The molecule has 1 aromatic carbocycles. The van der Waals surface area contributed by atoms with Crippen LogP contribution in [0.3, 0.4) is 0 Å². The lowest BCUT2D eigenvalue weighted by Crippen LogP contribution is -2.12. The van der Waals surface area contributed by atoms with E-state index in [9.17, 15) is 9.18 Å². The Morgan fingerprint density at radius 3 is 2.72 bits per heavy atom. The molecular formula is C12H7Br2FN2O. The topological polar surface area (TPSA) is 42.0 Å². The lowest BCUT2D eigenvalue weighted by atomic mass is 10.2. The highest BCUT2D eigenvalue weighted by molar-refractivity contribution is 9.10. The fraction of sp³-hybridized carbons (Fsp3) is 0. The number of carbonyl (C=O) groups is 1. The second-order valence-corrected chi connectivity index (χ2v) is 5.24. The Morgan fingerprint density at radius 1 is 1.28 bits per heavy atom. The highest BCUT2D eigenvalue weighted by Gasteiger charge is 2.10. The molecule has 0 aliphatic rings. The first-order valence-corrected chi connectivity index (χ1v) is 6.52. The number of nitrogens with zero attached hydrogens (tertiary/aromatic N) is 1. The van der Waals surface area contributed by atoms with Gasteiger partial charge in [-0.3, -0.25) is 9.78 Å². The van der Waals surface area contributed by atoms with Gasteiger partial charge in [0.1, 0.15) is 5.82 Å². The van der Waals surface area contributed by atoms with Crippen molar-refractivity contribution < 1.29 is 9.18 Å². The number of hydrogen-bond acceptors (Lipinski definition) is 2.